The van der Waals surface area contributed by atoms with Crippen LogP contribution in [-0.2, 0) is 12.1 Å². The van der Waals surface area contributed by atoms with Crippen LogP contribution in [0.5, 0.6) is 0 Å². The average molecular weight is 326 g/mol. The van der Waals surface area contributed by atoms with E-state index in [1.165, 1.54) is 0 Å². The Bertz CT molecular complexity index is 503. The van der Waals surface area contributed by atoms with Gasteiger partial charge in [0, 0.05) is 28.3 Å². The van der Waals surface area contributed by atoms with E-state index in [4.69, 9.17) is 5.73 Å². The van der Waals surface area contributed by atoms with Crippen LogP contribution >= 0.6 is 27.3 Å². The summed E-state index contributed by atoms with van der Waals surface area (Å²) >= 11 is 5.12. The fraction of sp³-hybridized carbons (Fsp3) is 0.308. The van der Waals surface area contributed by atoms with Crippen molar-refractivity contribution in [3.05, 3.63) is 44.8 Å². The maximum Gasteiger partial charge on any atom is 0.112 e. The lowest BCUT2D eigenvalue weighted by Gasteiger charge is -2.24. The van der Waals surface area contributed by atoms with Crippen LogP contribution in [0, 0.1) is 0 Å². The predicted octanol–water partition coefficient (Wildman–Crippen LogP) is 3.51. The topological polar surface area (TPSA) is 50.9 Å². The normalized spacial score (nSPS) is 11.7. The van der Waals surface area contributed by atoms with Gasteiger partial charge < -0.3 is 11.1 Å². The number of nitrogen functional groups attached to an aromatic ring is 1. The molecule has 3 nitrogen and oxygen atoms in total. The summed E-state index contributed by atoms with van der Waals surface area (Å²) in [6.07, 6.45) is 1.83. The van der Waals surface area contributed by atoms with Crippen molar-refractivity contribution in [1.29, 1.82) is 0 Å². The Balaban J connectivity index is 2.07. The second-order valence-electron chi connectivity index (χ2n) is 4.71. The first-order valence-corrected chi connectivity index (χ1v) is 7.34. The lowest BCUT2D eigenvalue weighted by molar-refractivity contribution is 0.399. The van der Waals surface area contributed by atoms with E-state index in [0.717, 1.165) is 27.3 Å². The second-order valence-corrected chi connectivity index (χ2v) is 6.52. The molecular weight excluding hydrogens is 310 g/mol. The Morgan fingerprint density at radius 3 is 2.78 bits per heavy atom. The maximum absolute atomic E-state index is 5.83. The van der Waals surface area contributed by atoms with Crippen molar-refractivity contribution in [3.8, 4) is 0 Å². The van der Waals surface area contributed by atoms with E-state index in [0.29, 0.717) is 0 Å². The van der Waals surface area contributed by atoms with Crippen molar-refractivity contribution in [2.24, 2.45) is 0 Å². The van der Waals surface area contributed by atoms with E-state index >= 15 is 0 Å². The van der Waals surface area contributed by atoms with Crippen LogP contribution in [0.15, 0.2) is 34.2 Å². The van der Waals surface area contributed by atoms with Crippen molar-refractivity contribution < 1.29 is 0 Å². The first kappa shape index (κ1) is 13.5. The lowest BCUT2D eigenvalue weighted by Crippen LogP contribution is -2.35. The standard InChI is InChI=1S/C13H16BrN3S/c1-13(2,12-16-3-4-18-12)17-8-9-5-10(14)7-11(15)6-9/h3-7,17H,8,15H2,1-2H3. The predicted molar refractivity (Wildman–Crippen MR) is 80.5 cm³/mol. The third-order valence-corrected chi connectivity index (χ3v) is 4.24. The van der Waals surface area contributed by atoms with Crippen LogP contribution in [-0.4, -0.2) is 4.98 Å². The van der Waals surface area contributed by atoms with Crippen molar-refractivity contribution in [3.63, 3.8) is 0 Å². The Labute approximate surface area is 120 Å². The molecule has 5 heteroatoms. The Morgan fingerprint density at radius 2 is 2.17 bits per heavy atom. The van der Waals surface area contributed by atoms with Gasteiger partial charge in [-0.1, -0.05) is 15.9 Å². The lowest BCUT2D eigenvalue weighted by atomic mass is 10.1. The van der Waals surface area contributed by atoms with Gasteiger partial charge in [-0.2, -0.15) is 0 Å². The van der Waals surface area contributed by atoms with Crippen LogP contribution in [0.1, 0.15) is 24.4 Å². The summed E-state index contributed by atoms with van der Waals surface area (Å²) in [5.41, 5.74) is 7.62. The van der Waals surface area contributed by atoms with Crippen molar-refractivity contribution in [1.82, 2.24) is 10.3 Å². The number of rotatable bonds is 4. The molecule has 0 aliphatic heterocycles. The van der Waals surface area contributed by atoms with Crippen molar-refractivity contribution >= 4 is 33.0 Å². The molecule has 3 N–H and O–H groups in total. The fourth-order valence-electron chi connectivity index (χ4n) is 1.71. The zero-order valence-corrected chi connectivity index (χ0v) is 12.8. The molecule has 0 spiro atoms. The summed E-state index contributed by atoms with van der Waals surface area (Å²) in [4.78, 5) is 4.36. The minimum Gasteiger partial charge on any atom is -0.399 e. The molecule has 0 fully saturated rings. The molecule has 0 bridgehead atoms. The van der Waals surface area contributed by atoms with E-state index in [2.05, 4.69) is 46.1 Å². The zero-order chi connectivity index (χ0) is 13.2. The van der Waals surface area contributed by atoms with Crippen molar-refractivity contribution in [2.45, 2.75) is 25.9 Å². The van der Waals surface area contributed by atoms with Gasteiger partial charge in [0.1, 0.15) is 5.01 Å². The minimum atomic E-state index is -0.134. The Hall–Kier alpha value is -0.910. The number of nitrogens with one attached hydrogen (secondary N) is 1. The van der Waals surface area contributed by atoms with Crippen LogP contribution < -0.4 is 11.1 Å². The number of nitrogens with zero attached hydrogens (tertiary/aromatic N) is 1. The van der Waals surface area contributed by atoms with Gasteiger partial charge in [0.25, 0.3) is 0 Å². The smallest absolute Gasteiger partial charge is 0.112 e. The highest BCUT2D eigenvalue weighted by Crippen LogP contribution is 2.23. The third-order valence-electron chi connectivity index (χ3n) is 2.68. The highest BCUT2D eigenvalue weighted by Gasteiger charge is 2.22. The highest BCUT2D eigenvalue weighted by atomic mass is 79.9. The van der Waals surface area contributed by atoms with Crippen LogP contribution in [0.4, 0.5) is 5.69 Å². The molecule has 0 radical (unpaired) electrons. The molecule has 0 unspecified atom stereocenters. The number of benzene rings is 1. The van der Waals surface area contributed by atoms with E-state index in [1.807, 2.05) is 23.7 Å². The molecule has 1 aromatic heterocycles. The van der Waals surface area contributed by atoms with Gasteiger partial charge in [-0.25, -0.2) is 4.98 Å². The molecular formula is C13H16BrN3S. The third kappa shape index (κ3) is 3.31. The van der Waals surface area contributed by atoms with E-state index in [9.17, 15) is 0 Å². The molecule has 0 saturated heterocycles. The molecule has 0 aliphatic rings. The van der Waals surface area contributed by atoms with E-state index in [1.54, 1.807) is 11.3 Å². The van der Waals surface area contributed by atoms with Gasteiger partial charge in [0.2, 0.25) is 0 Å². The first-order valence-electron chi connectivity index (χ1n) is 5.67. The Morgan fingerprint density at radius 1 is 1.39 bits per heavy atom. The second kappa shape index (κ2) is 5.38. The van der Waals surface area contributed by atoms with Gasteiger partial charge in [-0.3, -0.25) is 0 Å². The number of nitrogens with two attached hydrogens (primary N) is 1. The molecule has 2 rings (SSSR count). The summed E-state index contributed by atoms with van der Waals surface area (Å²) < 4.78 is 1.01. The zero-order valence-electron chi connectivity index (χ0n) is 10.4. The Kier molecular flexibility index (Phi) is 4.04. The molecule has 2 aromatic rings. The summed E-state index contributed by atoms with van der Waals surface area (Å²) in [7, 11) is 0. The molecule has 1 aromatic carbocycles. The van der Waals surface area contributed by atoms with Crippen molar-refractivity contribution in [2.75, 3.05) is 5.73 Å². The van der Waals surface area contributed by atoms with Gasteiger partial charge in [0.15, 0.2) is 0 Å². The van der Waals surface area contributed by atoms with Gasteiger partial charge in [-0.15, -0.1) is 11.3 Å². The average Bonchev–Trinajstić information content (AvgIpc) is 2.79. The number of halogens is 1. The molecule has 18 heavy (non-hydrogen) atoms. The number of thiazole rings is 1. The molecule has 0 aliphatic carbocycles. The molecule has 1 heterocycles. The van der Waals surface area contributed by atoms with Gasteiger partial charge in [0.05, 0.1) is 5.54 Å². The highest BCUT2D eigenvalue weighted by molar-refractivity contribution is 9.10. The number of anilines is 1. The van der Waals surface area contributed by atoms with E-state index in [-0.39, 0.29) is 5.54 Å². The maximum atomic E-state index is 5.83. The summed E-state index contributed by atoms with van der Waals surface area (Å²) in [6.45, 7) is 5.02. The summed E-state index contributed by atoms with van der Waals surface area (Å²) in [5, 5.41) is 6.59. The largest absolute Gasteiger partial charge is 0.399 e. The number of aromatic nitrogens is 1. The number of hydrogen-bond donors (Lipinski definition) is 2. The molecule has 0 atom stereocenters. The van der Waals surface area contributed by atoms with Crippen LogP contribution in [0.2, 0.25) is 0 Å². The molecule has 0 amide bonds. The van der Waals surface area contributed by atoms with Gasteiger partial charge in [-0.05, 0) is 37.6 Å². The van der Waals surface area contributed by atoms with E-state index < -0.39 is 0 Å². The van der Waals surface area contributed by atoms with Crippen LogP contribution in [0.25, 0.3) is 0 Å². The monoisotopic (exact) mass is 325 g/mol. The quantitative estimate of drug-likeness (QED) is 0.846. The SMILES string of the molecule is CC(C)(NCc1cc(N)cc(Br)c1)c1nccs1. The first-order chi connectivity index (χ1) is 8.47. The minimum absolute atomic E-state index is 0.134. The van der Waals surface area contributed by atoms with Crippen LogP contribution in [0.3, 0.4) is 0 Å². The molecule has 96 valence electrons. The van der Waals surface area contributed by atoms with Gasteiger partial charge >= 0.3 is 0 Å². The fourth-order valence-corrected chi connectivity index (χ4v) is 3.01. The summed E-state index contributed by atoms with van der Waals surface area (Å²) in [6, 6.07) is 5.95. The summed E-state index contributed by atoms with van der Waals surface area (Å²) in [5.74, 6) is 0. The number of hydrogen-bond acceptors (Lipinski definition) is 4. The molecule has 0 saturated carbocycles.